The number of rotatable bonds is 12. The number of hydrogen-bond donors (Lipinski definition) is 5. The van der Waals surface area contributed by atoms with Crippen LogP contribution in [0.15, 0.2) is 67.0 Å². The first-order valence-corrected chi connectivity index (χ1v) is 14.5. The molecule has 0 aliphatic carbocycles. The molecule has 6 N–H and O–H groups in total. The molecule has 43 heavy (non-hydrogen) atoms. The average Bonchev–Trinajstić information content (AvgIpc) is 3.60. The van der Waals surface area contributed by atoms with Gasteiger partial charge in [-0.25, -0.2) is 14.7 Å². The fraction of sp³-hybridized carbons (Fsp3) is 0.419. The Morgan fingerprint density at radius 2 is 1.74 bits per heavy atom. The highest BCUT2D eigenvalue weighted by Crippen LogP contribution is 2.28. The maximum absolute atomic E-state index is 13.5. The molecule has 12 nitrogen and oxygen atoms in total. The van der Waals surface area contributed by atoms with Crippen molar-refractivity contribution in [1.29, 1.82) is 0 Å². The minimum atomic E-state index is -1.33. The summed E-state index contributed by atoms with van der Waals surface area (Å²) in [6.07, 6.45) is -2.16. The molecule has 1 saturated heterocycles. The number of amides is 1. The van der Waals surface area contributed by atoms with Crippen LogP contribution < -0.4 is 21.4 Å². The quantitative estimate of drug-likeness (QED) is 0.166. The number of benzene rings is 2. The number of nitrogens with one attached hydrogen (secondary N) is 2. The monoisotopic (exact) mass is 588 g/mol. The van der Waals surface area contributed by atoms with Crippen LogP contribution in [0.1, 0.15) is 37.8 Å². The van der Waals surface area contributed by atoms with Gasteiger partial charge in [0, 0.05) is 25.6 Å². The Hall–Kier alpha value is -4.10. The van der Waals surface area contributed by atoms with Crippen LogP contribution in [0.3, 0.4) is 0 Å². The lowest BCUT2D eigenvalue weighted by Crippen LogP contribution is -2.50. The molecule has 0 unspecified atom stereocenters. The van der Waals surface area contributed by atoms with Crippen LogP contribution in [-0.4, -0.2) is 86.8 Å². The lowest BCUT2D eigenvalue weighted by molar-refractivity contribution is -0.132. The van der Waals surface area contributed by atoms with Crippen molar-refractivity contribution in [3.63, 3.8) is 0 Å². The second kappa shape index (κ2) is 13.0. The molecule has 3 atom stereocenters. The molecule has 0 spiro atoms. The zero-order valence-electron chi connectivity index (χ0n) is 24.7. The van der Waals surface area contributed by atoms with E-state index in [9.17, 15) is 15.0 Å². The van der Waals surface area contributed by atoms with Crippen molar-refractivity contribution in [2.45, 2.75) is 45.0 Å². The van der Waals surface area contributed by atoms with E-state index in [1.165, 1.54) is 16.0 Å². The molecule has 1 aliphatic heterocycles. The van der Waals surface area contributed by atoms with E-state index in [0.29, 0.717) is 42.6 Å². The first-order valence-electron chi connectivity index (χ1n) is 14.5. The summed E-state index contributed by atoms with van der Waals surface area (Å²) in [5, 5.41) is 28.5. The number of carbonyl (C=O) groups excluding carboxylic acids is 1. The predicted molar refractivity (Wildman–Crippen MR) is 165 cm³/mol. The molecule has 0 bridgehead atoms. The highest BCUT2D eigenvalue weighted by molar-refractivity contribution is 5.93. The first-order chi connectivity index (χ1) is 20.7. The van der Waals surface area contributed by atoms with Gasteiger partial charge < -0.3 is 31.3 Å². The SMILES string of the molecule is CCN(C(=O)[C@H]1OC[C@H](O)[C@@H]1O)n1cnc2c(NCC(c3ccccc3)c3ccccc3)nc(NCC(C)(C)CN)nc21. The van der Waals surface area contributed by atoms with Crippen molar-refractivity contribution in [2.24, 2.45) is 11.1 Å². The van der Waals surface area contributed by atoms with Crippen LogP contribution in [-0.2, 0) is 9.53 Å². The van der Waals surface area contributed by atoms with Gasteiger partial charge in [0.1, 0.15) is 18.5 Å². The number of aliphatic hydroxyl groups is 2. The van der Waals surface area contributed by atoms with Gasteiger partial charge in [-0.1, -0.05) is 74.5 Å². The third kappa shape index (κ3) is 6.62. The normalized spacial score (nSPS) is 18.7. The number of ether oxygens (including phenoxy) is 1. The number of aliphatic hydroxyl groups excluding tert-OH is 2. The Balaban J connectivity index is 1.52. The number of hydrogen-bond acceptors (Lipinski definition) is 10. The van der Waals surface area contributed by atoms with Crippen LogP contribution >= 0.6 is 0 Å². The van der Waals surface area contributed by atoms with E-state index in [1.807, 2.05) is 50.2 Å². The lowest BCUT2D eigenvalue weighted by Gasteiger charge is -2.26. The number of aromatic nitrogens is 4. The molecule has 0 radical (unpaired) electrons. The standard InChI is InChI=1S/C31H40N8O4/c1-4-38(29(42)26-25(41)23(40)16-43-26)39-19-35-24-27(36-30(37-28(24)39)34-18-31(2,3)17-32)33-15-22(20-11-7-5-8-12-20)21-13-9-6-10-14-21/h5-14,19,22-23,25-26,40-41H,4,15-18,32H2,1-3H3,(H2,33,34,36,37)/t23-,25-,26-/m0/s1. The molecule has 0 saturated carbocycles. The molecule has 5 rings (SSSR count). The zero-order valence-corrected chi connectivity index (χ0v) is 24.7. The highest BCUT2D eigenvalue weighted by atomic mass is 16.5. The zero-order chi connectivity index (χ0) is 30.6. The summed E-state index contributed by atoms with van der Waals surface area (Å²) in [7, 11) is 0. The largest absolute Gasteiger partial charge is 0.388 e. The van der Waals surface area contributed by atoms with Crippen LogP contribution in [0.2, 0.25) is 0 Å². The summed E-state index contributed by atoms with van der Waals surface area (Å²) < 4.78 is 6.96. The topological polar surface area (TPSA) is 164 Å². The average molecular weight is 589 g/mol. The van der Waals surface area contributed by atoms with Crippen molar-refractivity contribution in [3.8, 4) is 0 Å². The summed E-state index contributed by atoms with van der Waals surface area (Å²) in [5.74, 6) is 0.379. The molecule has 3 heterocycles. The van der Waals surface area contributed by atoms with Crippen LogP contribution in [0.25, 0.3) is 11.2 Å². The molecule has 228 valence electrons. The minimum absolute atomic E-state index is 0.0308. The molecule has 2 aromatic carbocycles. The second-order valence-electron chi connectivity index (χ2n) is 11.5. The molecular formula is C31H40N8O4. The Kier molecular flexibility index (Phi) is 9.21. The van der Waals surface area contributed by atoms with Crippen molar-refractivity contribution >= 4 is 28.8 Å². The summed E-state index contributed by atoms with van der Waals surface area (Å²) in [4.78, 5) is 27.6. The first kappa shape index (κ1) is 30.4. The van der Waals surface area contributed by atoms with E-state index in [-0.39, 0.29) is 24.5 Å². The van der Waals surface area contributed by atoms with Crippen LogP contribution in [0.5, 0.6) is 0 Å². The maximum Gasteiger partial charge on any atom is 0.273 e. The van der Waals surface area contributed by atoms with E-state index in [2.05, 4.69) is 39.9 Å². The van der Waals surface area contributed by atoms with Gasteiger partial charge in [0.2, 0.25) is 5.95 Å². The van der Waals surface area contributed by atoms with E-state index in [0.717, 1.165) is 11.1 Å². The smallest absolute Gasteiger partial charge is 0.273 e. The van der Waals surface area contributed by atoms with Gasteiger partial charge in [0.25, 0.3) is 5.91 Å². The van der Waals surface area contributed by atoms with Crippen LogP contribution in [0, 0.1) is 5.41 Å². The molecule has 2 aromatic heterocycles. The third-order valence-electron chi connectivity index (χ3n) is 7.74. The fourth-order valence-corrected chi connectivity index (χ4v) is 5.04. The number of fused-ring (bicyclic) bond motifs is 1. The van der Waals surface area contributed by atoms with Crippen molar-refractivity contribution < 1.29 is 19.7 Å². The van der Waals surface area contributed by atoms with Gasteiger partial charge >= 0.3 is 0 Å². The van der Waals surface area contributed by atoms with Gasteiger partial charge in [0.15, 0.2) is 23.1 Å². The molecule has 12 heteroatoms. The minimum Gasteiger partial charge on any atom is -0.388 e. The Morgan fingerprint density at radius 1 is 1.09 bits per heavy atom. The van der Waals surface area contributed by atoms with E-state index in [4.69, 9.17) is 20.4 Å². The van der Waals surface area contributed by atoms with Gasteiger partial charge in [0.05, 0.1) is 6.61 Å². The van der Waals surface area contributed by atoms with Gasteiger partial charge in [-0.15, -0.1) is 0 Å². The fourth-order valence-electron chi connectivity index (χ4n) is 5.04. The highest BCUT2D eigenvalue weighted by Gasteiger charge is 2.42. The van der Waals surface area contributed by atoms with Crippen molar-refractivity contribution in [2.75, 3.05) is 48.4 Å². The lowest BCUT2D eigenvalue weighted by atomic mass is 9.91. The van der Waals surface area contributed by atoms with E-state index >= 15 is 0 Å². The molecule has 1 fully saturated rings. The second-order valence-corrected chi connectivity index (χ2v) is 11.5. The van der Waals surface area contributed by atoms with E-state index < -0.39 is 24.2 Å². The van der Waals surface area contributed by atoms with Crippen LogP contribution in [0.4, 0.5) is 11.8 Å². The summed E-state index contributed by atoms with van der Waals surface area (Å²) in [6.45, 7) is 7.53. The summed E-state index contributed by atoms with van der Waals surface area (Å²) in [6, 6.07) is 20.5. The third-order valence-corrected chi connectivity index (χ3v) is 7.74. The van der Waals surface area contributed by atoms with Gasteiger partial charge in [-0.3, -0.25) is 4.79 Å². The number of nitrogens with zero attached hydrogens (tertiary/aromatic N) is 5. The maximum atomic E-state index is 13.5. The number of carbonyl (C=O) groups is 1. The molecule has 4 aromatic rings. The van der Waals surface area contributed by atoms with E-state index in [1.54, 1.807) is 6.92 Å². The number of imidazole rings is 1. The number of likely N-dealkylation sites (N-methyl/N-ethyl adjacent to an activating group) is 1. The number of nitrogens with two attached hydrogens (primary N) is 1. The Labute approximate surface area is 250 Å². The Bertz CT molecular complexity index is 1480. The van der Waals surface area contributed by atoms with Crippen molar-refractivity contribution in [1.82, 2.24) is 19.6 Å². The Morgan fingerprint density at radius 3 is 2.30 bits per heavy atom. The van der Waals surface area contributed by atoms with Crippen molar-refractivity contribution in [3.05, 3.63) is 78.1 Å². The van der Waals surface area contributed by atoms with Gasteiger partial charge in [-0.05, 0) is 30.0 Å². The number of anilines is 2. The summed E-state index contributed by atoms with van der Waals surface area (Å²) >= 11 is 0. The predicted octanol–water partition coefficient (Wildman–Crippen LogP) is 2.07. The molecule has 1 amide bonds. The summed E-state index contributed by atoms with van der Waals surface area (Å²) in [5.41, 5.74) is 8.93. The van der Waals surface area contributed by atoms with Gasteiger partial charge in [-0.2, -0.15) is 9.97 Å². The molecule has 1 aliphatic rings. The molecular weight excluding hydrogens is 548 g/mol.